The maximum Gasteiger partial charge on any atom is 0.313 e. The van der Waals surface area contributed by atoms with Crippen LogP contribution in [0.5, 0.6) is 0 Å². The van der Waals surface area contributed by atoms with Crippen LogP contribution in [0.25, 0.3) is 0 Å². The van der Waals surface area contributed by atoms with Gasteiger partial charge < -0.3 is 24.1 Å². The zero-order valence-corrected chi connectivity index (χ0v) is 29.8. The van der Waals surface area contributed by atoms with Crippen LogP contribution in [0.1, 0.15) is 55.9 Å². The van der Waals surface area contributed by atoms with Crippen LogP contribution in [0.3, 0.4) is 0 Å². The summed E-state index contributed by atoms with van der Waals surface area (Å²) in [5.74, 6) is -2.99. The van der Waals surface area contributed by atoms with Gasteiger partial charge in [-0.05, 0) is 59.6 Å². The minimum atomic E-state index is -1.75. The fraction of sp³-hybridized carbons (Fsp3) is 0.326. The molecule has 8 atom stereocenters. The Hall–Kier alpha value is -4.43. The van der Waals surface area contributed by atoms with Gasteiger partial charge in [-0.15, -0.1) is 0 Å². The highest BCUT2D eigenvalue weighted by Gasteiger charge is 2.79. The molecule has 1 saturated carbocycles. The molecule has 9 rings (SSSR count). The van der Waals surface area contributed by atoms with Crippen LogP contribution < -0.4 is 0 Å². The molecule has 0 aromatic heterocycles. The van der Waals surface area contributed by atoms with E-state index in [0.717, 1.165) is 33.4 Å². The summed E-state index contributed by atoms with van der Waals surface area (Å²) in [5.41, 5.74) is 1.22. The van der Waals surface area contributed by atoms with Crippen LogP contribution in [0, 0.1) is 17.8 Å². The molecule has 2 heterocycles. The second-order valence-electron chi connectivity index (χ2n) is 15.5. The van der Waals surface area contributed by atoms with E-state index in [9.17, 15) is 9.90 Å². The first-order valence-electron chi connectivity index (χ1n) is 18.3. The zero-order chi connectivity index (χ0) is 35.9. The number of benzene rings is 4. The van der Waals surface area contributed by atoms with Gasteiger partial charge in [-0.25, -0.2) is 0 Å². The Morgan fingerprint density at radius 1 is 0.846 bits per heavy atom. The van der Waals surface area contributed by atoms with Crippen molar-refractivity contribution >= 4 is 5.78 Å². The zero-order valence-electron chi connectivity index (χ0n) is 29.8. The van der Waals surface area contributed by atoms with Gasteiger partial charge in [0.15, 0.2) is 5.78 Å². The number of carbonyl (C=O) groups excluding carboxylic acids is 1. The second kappa shape index (κ2) is 11.8. The van der Waals surface area contributed by atoms with Crippen LogP contribution in [0.15, 0.2) is 157 Å². The minimum absolute atomic E-state index is 0.0963. The third-order valence-corrected chi connectivity index (χ3v) is 12.5. The summed E-state index contributed by atoms with van der Waals surface area (Å²) < 4.78 is 28.7. The third-order valence-electron chi connectivity index (χ3n) is 12.5. The summed E-state index contributed by atoms with van der Waals surface area (Å²) in [5, 5.41) is 12.9. The van der Waals surface area contributed by atoms with Crippen molar-refractivity contribution in [1.82, 2.24) is 0 Å². The molecular formula is C46H44O6. The summed E-state index contributed by atoms with van der Waals surface area (Å²) >= 11 is 0. The quantitative estimate of drug-likeness (QED) is 0.148. The van der Waals surface area contributed by atoms with Crippen molar-refractivity contribution in [2.24, 2.45) is 17.8 Å². The van der Waals surface area contributed by atoms with E-state index in [1.165, 1.54) is 0 Å². The van der Waals surface area contributed by atoms with Crippen molar-refractivity contribution in [1.29, 1.82) is 0 Å². The molecule has 3 aliphatic carbocycles. The number of rotatable bonds is 8. The monoisotopic (exact) mass is 692 g/mol. The highest BCUT2D eigenvalue weighted by molar-refractivity contribution is 6.04. The van der Waals surface area contributed by atoms with Crippen molar-refractivity contribution in [3.63, 3.8) is 0 Å². The average Bonchev–Trinajstić information content (AvgIpc) is 3.49. The molecule has 0 radical (unpaired) electrons. The SMILES string of the molecule is C=C(C)[C@]12C[C@@H](C)[C@@]34OC(c5ccccc5)(O[C@@H]1C3C=C(COC(c1ccccc1)(c1ccccc1)c1ccccc1)C[C@]1(O)C(=O)C(C)=C[C@@H]41)O2. The van der Waals surface area contributed by atoms with Crippen LogP contribution in [0.4, 0.5) is 0 Å². The predicted molar refractivity (Wildman–Crippen MR) is 198 cm³/mol. The van der Waals surface area contributed by atoms with Gasteiger partial charge >= 0.3 is 5.97 Å². The molecule has 2 saturated heterocycles. The Balaban J connectivity index is 1.22. The van der Waals surface area contributed by atoms with Crippen molar-refractivity contribution < 1.29 is 28.8 Å². The van der Waals surface area contributed by atoms with Gasteiger partial charge in [0.05, 0.1) is 12.2 Å². The molecule has 264 valence electrons. The maximum absolute atomic E-state index is 14.3. The van der Waals surface area contributed by atoms with Gasteiger partial charge in [0, 0.05) is 23.8 Å². The van der Waals surface area contributed by atoms with E-state index < -0.39 is 40.4 Å². The first-order valence-corrected chi connectivity index (χ1v) is 18.3. The van der Waals surface area contributed by atoms with Gasteiger partial charge in [-0.3, -0.25) is 4.79 Å². The third kappa shape index (κ3) is 4.45. The van der Waals surface area contributed by atoms with Gasteiger partial charge in [-0.1, -0.05) is 147 Å². The van der Waals surface area contributed by atoms with Crippen LogP contribution in [-0.2, 0) is 35.3 Å². The molecule has 5 aliphatic rings. The number of ketones is 1. The normalized spacial score (nSPS) is 34.6. The summed E-state index contributed by atoms with van der Waals surface area (Å²) in [6.07, 6.45) is 4.31. The molecule has 0 spiro atoms. The van der Waals surface area contributed by atoms with Crippen LogP contribution >= 0.6 is 0 Å². The molecule has 3 fully saturated rings. The maximum atomic E-state index is 14.3. The Morgan fingerprint density at radius 2 is 1.38 bits per heavy atom. The summed E-state index contributed by atoms with van der Waals surface area (Å²) in [6.45, 7) is 10.5. The summed E-state index contributed by atoms with van der Waals surface area (Å²) in [4.78, 5) is 14.3. The summed E-state index contributed by atoms with van der Waals surface area (Å²) in [6, 6.07) is 40.4. The standard InChI is InChI=1S/C46H44O6/c1-30(2)43-27-32(4)44-38(41(43)50-46(51-43,52-44)37-23-15-8-16-24-37)26-33(28-42(48)39(44)25-31(3)40(42)47)29-49-45(34-17-9-5-10-18-34,35-19-11-6-12-20-35)36-21-13-7-14-22-36/h5-26,32,38-39,41,48H,1,27-29H2,2-4H3/t32-,38?,39-,41-,42-,43-,44-,46?/m1/s1. The van der Waals surface area contributed by atoms with E-state index in [0.29, 0.717) is 12.0 Å². The highest BCUT2D eigenvalue weighted by atomic mass is 16.9. The Kier molecular flexibility index (Phi) is 7.57. The minimum Gasteiger partial charge on any atom is -0.381 e. The number of hydrogen-bond acceptors (Lipinski definition) is 6. The van der Waals surface area contributed by atoms with Crippen molar-refractivity contribution in [2.75, 3.05) is 6.61 Å². The smallest absolute Gasteiger partial charge is 0.313 e. The number of hydrogen-bond donors (Lipinski definition) is 1. The van der Waals surface area contributed by atoms with E-state index in [-0.39, 0.29) is 30.6 Å². The molecule has 2 unspecified atom stereocenters. The van der Waals surface area contributed by atoms with Crippen molar-refractivity contribution in [2.45, 2.75) is 68.1 Å². The number of ether oxygens (including phenoxy) is 4. The molecule has 4 aromatic rings. The highest BCUT2D eigenvalue weighted by Crippen LogP contribution is 2.70. The van der Waals surface area contributed by atoms with Crippen molar-refractivity contribution in [3.8, 4) is 0 Å². The Morgan fingerprint density at radius 3 is 1.92 bits per heavy atom. The molecular weight excluding hydrogens is 649 g/mol. The number of Topliss-reactive ketones (excluding diaryl/α,β-unsaturated/α-hetero) is 1. The molecule has 3 bridgehead atoms. The van der Waals surface area contributed by atoms with E-state index >= 15 is 0 Å². The largest absolute Gasteiger partial charge is 0.381 e. The first-order chi connectivity index (χ1) is 25.1. The summed E-state index contributed by atoms with van der Waals surface area (Å²) in [7, 11) is 0. The molecule has 4 aromatic carbocycles. The van der Waals surface area contributed by atoms with E-state index in [1.807, 2.05) is 97.9 Å². The lowest BCUT2D eigenvalue weighted by Gasteiger charge is -2.59. The molecule has 2 aliphatic heterocycles. The topological polar surface area (TPSA) is 74.2 Å². The number of carbonyl (C=O) groups is 1. The fourth-order valence-electron chi connectivity index (χ4n) is 10.2. The molecule has 6 nitrogen and oxygen atoms in total. The van der Waals surface area contributed by atoms with Gasteiger partial charge in [0.25, 0.3) is 0 Å². The van der Waals surface area contributed by atoms with E-state index in [2.05, 4.69) is 56.0 Å². The van der Waals surface area contributed by atoms with E-state index in [1.54, 1.807) is 6.92 Å². The van der Waals surface area contributed by atoms with Crippen LogP contribution in [0.2, 0.25) is 0 Å². The molecule has 1 N–H and O–H groups in total. The number of aliphatic hydroxyl groups is 1. The van der Waals surface area contributed by atoms with E-state index in [4.69, 9.17) is 18.9 Å². The lowest BCUT2D eigenvalue weighted by Crippen LogP contribution is -2.70. The number of fused-ring (bicyclic) bond motifs is 2. The predicted octanol–water partition coefficient (Wildman–Crippen LogP) is 8.17. The Bertz CT molecular complexity index is 2000. The van der Waals surface area contributed by atoms with Crippen LogP contribution in [-0.4, -0.2) is 40.4 Å². The molecule has 6 heteroatoms. The Labute approximate surface area is 305 Å². The molecule has 52 heavy (non-hydrogen) atoms. The van der Waals surface area contributed by atoms with Crippen molar-refractivity contribution in [3.05, 3.63) is 179 Å². The van der Waals surface area contributed by atoms with Gasteiger partial charge in [0.2, 0.25) is 0 Å². The second-order valence-corrected chi connectivity index (χ2v) is 15.5. The fourth-order valence-corrected chi connectivity index (χ4v) is 10.2. The molecule has 0 amide bonds. The first kappa shape index (κ1) is 33.4. The van der Waals surface area contributed by atoms with Gasteiger partial charge in [-0.2, -0.15) is 0 Å². The van der Waals surface area contributed by atoms with Gasteiger partial charge in [0.1, 0.15) is 22.9 Å². The lowest BCUT2D eigenvalue weighted by molar-refractivity contribution is -0.433. The average molecular weight is 693 g/mol. The lowest BCUT2D eigenvalue weighted by atomic mass is 9.55.